The largest absolute Gasteiger partial charge is 0.487 e. The third-order valence-corrected chi connectivity index (χ3v) is 4.29. The molecule has 1 saturated heterocycles. The van der Waals surface area contributed by atoms with Crippen LogP contribution in [0.3, 0.4) is 0 Å². The van der Waals surface area contributed by atoms with E-state index in [4.69, 9.17) is 22.7 Å². The van der Waals surface area contributed by atoms with Crippen molar-refractivity contribution in [1.82, 2.24) is 4.98 Å². The Bertz CT molecular complexity index is 973. The molecule has 2 heterocycles. The molecule has 1 amide bonds. The predicted octanol–water partition coefficient (Wildman–Crippen LogP) is 2.63. The highest BCUT2D eigenvalue weighted by Crippen LogP contribution is 2.28. The number of hydrogen-bond acceptors (Lipinski definition) is 7. The van der Waals surface area contributed by atoms with Crippen LogP contribution in [0.15, 0.2) is 42.6 Å². The number of carbonyl (C=O) groups is 1. The number of benzene rings is 1. The molecule has 0 atom stereocenters. The molecule has 2 aromatic rings. The molecule has 0 aliphatic carbocycles. The lowest BCUT2D eigenvalue weighted by molar-refractivity contribution is -0.0964. The Morgan fingerprint density at radius 3 is 2.63 bits per heavy atom. The van der Waals surface area contributed by atoms with Gasteiger partial charge >= 0.3 is 5.57 Å². The molecule has 0 unspecified atom stereocenters. The zero-order chi connectivity index (χ0) is 21.9. The summed E-state index contributed by atoms with van der Waals surface area (Å²) in [6.07, 6.45) is 3.29. The summed E-state index contributed by atoms with van der Waals surface area (Å²) in [4.78, 5) is 18.7. The van der Waals surface area contributed by atoms with Crippen LogP contribution in [0.5, 0.6) is 5.75 Å². The standard InChI is InChI=1S/C19H18ClF2N5O3/c20-19(21,22)30-14-3-1-12(2-4-14)26-18(29)11-7-15(16(24)5-6-23)17(25-8-11)27-9-13(28)10-27/h1-8,13,23,28H,9-10,24H2,(H,26,29)/b16-5-,23-6?. The van der Waals surface area contributed by atoms with Gasteiger partial charge in [0.05, 0.1) is 11.7 Å². The minimum Gasteiger partial charge on any atom is -0.420 e. The van der Waals surface area contributed by atoms with Gasteiger partial charge in [0.15, 0.2) is 0 Å². The van der Waals surface area contributed by atoms with Crippen LogP contribution in [0.1, 0.15) is 15.9 Å². The van der Waals surface area contributed by atoms with Crippen LogP contribution in [-0.4, -0.2) is 47.0 Å². The van der Waals surface area contributed by atoms with E-state index in [0.717, 1.165) is 6.21 Å². The number of anilines is 2. The van der Waals surface area contributed by atoms with Crippen LogP contribution in [0.25, 0.3) is 5.70 Å². The second-order valence-corrected chi connectivity index (χ2v) is 6.91. The van der Waals surface area contributed by atoms with E-state index in [1.165, 1.54) is 42.6 Å². The highest BCUT2D eigenvalue weighted by molar-refractivity contribution is 6.20. The summed E-state index contributed by atoms with van der Waals surface area (Å²) in [5.41, 5.74) is 3.41. The van der Waals surface area contributed by atoms with Gasteiger partial charge in [0.25, 0.3) is 5.91 Å². The molecule has 30 heavy (non-hydrogen) atoms. The molecule has 0 bridgehead atoms. The van der Waals surface area contributed by atoms with Crippen molar-refractivity contribution < 1.29 is 23.4 Å². The molecule has 1 aliphatic heterocycles. The van der Waals surface area contributed by atoms with Gasteiger partial charge in [0.1, 0.15) is 11.6 Å². The first kappa shape index (κ1) is 21.5. The van der Waals surface area contributed by atoms with E-state index in [9.17, 15) is 18.7 Å². The van der Waals surface area contributed by atoms with Gasteiger partial charge in [-0.3, -0.25) is 4.79 Å². The Hall–Kier alpha value is -3.24. The number of allylic oxidation sites excluding steroid dienone is 1. The Kier molecular flexibility index (Phi) is 6.18. The molecule has 3 rings (SSSR count). The molecule has 0 spiro atoms. The number of hydrogen-bond donors (Lipinski definition) is 4. The molecule has 0 radical (unpaired) electrons. The molecule has 1 aromatic heterocycles. The number of amides is 1. The van der Waals surface area contributed by atoms with Crippen LogP contribution < -0.4 is 20.7 Å². The second kappa shape index (κ2) is 8.64. The summed E-state index contributed by atoms with van der Waals surface area (Å²) < 4.78 is 29.5. The van der Waals surface area contributed by atoms with Gasteiger partial charge in [-0.2, -0.15) is 0 Å². The van der Waals surface area contributed by atoms with E-state index >= 15 is 0 Å². The number of alkyl halides is 3. The van der Waals surface area contributed by atoms with Crippen molar-refractivity contribution in [2.45, 2.75) is 11.7 Å². The molecule has 1 fully saturated rings. The number of pyridine rings is 1. The zero-order valence-electron chi connectivity index (χ0n) is 15.5. The van der Waals surface area contributed by atoms with Crippen molar-refractivity contribution in [2.24, 2.45) is 5.73 Å². The van der Waals surface area contributed by atoms with Gasteiger partial charge in [0.2, 0.25) is 0 Å². The lowest BCUT2D eigenvalue weighted by atomic mass is 10.1. The van der Waals surface area contributed by atoms with Gasteiger partial charge < -0.3 is 31.2 Å². The minimum atomic E-state index is -3.83. The van der Waals surface area contributed by atoms with Crippen molar-refractivity contribution in [1.29, 1.82) is 5.41 Å². The van der Waals surface area contributed by atoms with E-state index in [1.54, 1.807) is 4.90 Å². The van der Waals surface area contributed by atoms with Gasteiger partial charge in [-0.1, -0.05) is 0 Å². The van der Waals surface area contributed by atoms with E-state index in [1.807, 2.05) is 0 Å². The summed E-state index contributed by atoms with van der Waals surface area (Å²) in [6, 6.07) is 6.76. The number of aliphatic hydroxyl groups excluding tert-OH is 1. The van der Waals surface area contributed by atoms with Crippen molar-refractivity contribution in [2.75, 3.05) is 23.3 Å². The normalized spacial score (nSPS) is 14.8. The Morgan fingerprint density at radius 1 is 1.40 bits per heavy atom. The van der Waals surface area contributed by atoms with E-state index < -0.39 is 17.6 Å². The maximum atomic E-state index is 12.7. The number of halogens is 3. The zero-order valence-corrected chi connectivity index (χ0v) is 16.2. The highest BCUT2D eigenvalue weighted by Gasteiger charge is 2.29. The summed E-state index contributed by atoms with van der Waals surface area (Å²) in [5.74, 6) is -0.170. The van der Waals surface area contributed by atoms with Gasteiger partial charge in [-0.05, 0) is 36.4 Å². The number of carbonyl (C=O) groups excluding carboxylic acids is 1. The molecular weight excluding hydrogens is 420 g/mol. The van der Waals surface area contributed by atoms with E-state index in [2.05, 4.69) is 15.0 Å². The van der Waals surface area contributed by atoms with Gasteiger partial charge in [0, 0.05) is 54.0 Å². The number of nitrogens with zero attached hydrogens (tertiary/aromatic N) is 2. The molecular formula is C19H18ClF2N5O3. The number of nitrogens with two attached hydrogens (primary N) is 1. The highest BCUT2D eigenvalue weighted by atomic mass is 35.5. The van der Waals surface area contributed by atoms with Gasteiger partial charge in [-0.25, -0.2) is 4.98 Å². The fourth-order valence-corrected chi connectivity index (χ4v) is 2.89. The summed E-state index contributed by atoms with van der Waals surface area (Å²) in [6.45, 7) is 0.776. The summed E-state index contributed by atoms with van der Waals surface area (Å²) >= 11 is 4.71. The predicted molar refractivity (Wildman–Crippen MR) is 109 cm³/mol. The number of nitrogens with one attached hydrogen (secondary N) is 2. The van der Waals surface area contributed by atoms with Crippen LogP contribution >= 0.6 is 11.6 Å². The average molecular weight is 438 g/mol. The van der Waals surface area contributed by atoms with Crippen LogP contribution in [-0.2, 0) is 0 Å². The maximum Gasteiger partial charge on any atom is 0.487 e. The first-order chi connectivity index (χ1) is 14.2. The smallest absolute Gasteiger partial charge is 0.420 e. The van der Waals surface area contributed by atoms with Crippen molar-refractivity contribution in [3.8, 4) is 5.75 Å². The second-order valence-electron chi connectivity index (χ2n) is 6.47. The first-order valence-electron chi connectivity index (χ1n) is 8.73. The van der Waals surface area contributed by atoms with Crippen molar-refractivity contribution in [3.63, 3.8) is 0 Å². The number of aromatic nitrogens is 1. The number of rotatable bonds is 7. The van der Waals surface area contributed by atoms with Crippen LogP contribution in [0, 0.1) is 5.41 Å². The van der Waals surface area contributed by atoms with Crippen LogP contribution in [0.4, 0.5) is 20.3 Å². The van der Waals surface area contributed by atoms with Gasteiger partial charge in [-0.15, -0.1) is 8.78 Å². The first-order valence-corrected chi connectivity index (χ1v) is 9.11. The molecule has 158 valence electrons. The Morgan fingerprint density at radius 2 is 2.07 bits per heavy atom. The molecule has 11 heteroatoms. The third kappa shape index (κ3) is 5.22. The topological polar surface area (TPSA) is 125 Å². The van der Waals surface area contributed by atoms with E-state index in [-0.39, 0.29) is 17.0 Å². The monoisotopic (exact) mass is 437 g/mol. The Balaban J connectivity index is 1.79. The summed E-state index contributed by atoms with van der Waals surface area (Å²) in [7, 11) is 0. The van der Waals surface area contributed by atoms with Crippen molar-refractivity contribution in [3.05, 3.63) is 53.7 Å². The molecule has 1 aromatic carbocycles. The lowest BCUT2D eigenvalue weighted by Crippen LogP contribution is -2.51. The fraction of sp³-hybridized carbons (Fsp3) is 0.211. The lowest BCUT2D eigenvalue weighted by Gasteiger charge is -2.38. The van der Waals surface area contributed by atoms with E-state index in [0.29, 0.717) is 30.2 Å². The fourth-order valence-electron chi connectivity index (χ4n) is 2.80. The number of ether oxygens (including phenoxy) is 1. The van der Waals surface area contributed by atoms with Crippen LogP contribution in [0.2, 0.25) is 0 Å². The third-order valence-electron chi connectivity index (χ3n) is 4.21. The summed E-state index contributed by atoms with van der Waals surface area (Å²) in [5, 5.41) is 19.4. The molecule has 8 nitrogen and oxygen atoms in total. The quantitative estimate of drug-likeness (QED) is 0.390. The number of β-amino-alcohol motifs (C(OH)–C–C–N with tert-alkyl or cyclic N) is 1. The molecule has 1 aliphatic rings. The SMILES string of the molecule is N=C/C=C(\N)c1cc(C(=O)Nc2ccc(OC(F)(F)Cl)cc2)cnc1N1CC(O)C1. The number of aliphatic hydroxyl groups is 1. The molecule has 0 saturated carbocycles. The Labute approximate surface area is 175 Å². The maximum absolute atomic E-state index is 12.7. The minimum absolute atomic E-state index is 0.164. The van der Waals surface area contributed by atoms with Crippen molar-refractivity contribution >= 4 is 40.9 Å². The average Bonchev–Trinajstić information content (AvgIpc) is 2.65. The molecule has 5 N–H and O–H groups in total.